The quantitative estimate of drug-likeness (QED) is 0.705. The fraction of sp³-hybridized carbons (Fsp3) is 0.304. The van der Waals surface area contributed by atoms with E-state index in [0.29, 0.717) is 25.1 Å². The molecule has 0 bridgehead atoms. The van der Waals surface area contributed by atoms with Crippen molar-refractivity contribution in [2.24, 2.45) is 5.10 Å². The first-order chi connectivity index (χ1) is 15.3. The van der Waals surface area contributed by atoms with Crippen LogP contribution >= 0.6 is 11.8 Å². The van der Waals surface area contributed by atoms with E-state index in [1.807, 2.05) is 55.5 Å². The molecule has 0 aromatic heterocycles. The number of carbonyl (C=O) groups excluding carboxylic acids is 3. The van der Waals surface area contributed by atoms with Crippen LogP contribution in [-0.2, 0) is 19.3 Å². The third-order valence-corrected chi connectivity index (χ3v) is 6.43. The van der Waals surface area contributed by atoms with E-state index in [-0.39, 0.29) is 22.9 Å². The molecule has 32 heavy (non-hydrogen) atoms. The van der Waals surface area contributed by atoms with Crippen LogP contribution in [-0.4, -0.2) is 41.0 Å². The summed E-state index contributed by atoms with van der Waals surface area (Å²) in [6.07, 6.45) is 0.605. The molecule has 0 saturated carbocycles. The molecule has 166 valence electrons. The molecule has 9 heteroatoms. The molecule has 0 aliphatic carbocycles. The molecule has 0 fully saturated rings. The van der Waals surface area contributed by atoms with Crippen LogP contribution in [0.3, 0.4) is 0 Å². The van der Waals surface area contributed by atoms with Gasteiger partial charge in [-0.15, -0.1) is 5.10 Å². The zero-order chi connectivity index (χ0) is 22.9. The second-order valence-electron chi connectivity index (χ2n) is 7.66. The molecule has 2 heterocycles. The Hall–Kier alpha value is -3.33. The maximum atomic E-state index is 13.7. The van der Waals surface area contributed by atoms with Gasteiger partial charge in [-0.1, -0.05) is 30.3 Å². The van der Waals surface area contributed by atoms with Crippen molar-refractivity contribution in [3.05, 3.63) is 59.7 Å². The summed E-state index contributed by atoms with van der Waals surface area (Å²) in [5.41, 5.74) is 2.52. The third kappa shape index (κ3) is 3.84. The minimum Gasteiger partial charge on any atom is -0.494 e. The maximum absolute atomic E-state index is 13.7. The number of aryl methyl sites for hydroxylation is 1. The molecule has 0 saturated heterocycles. The molecule has 0 radical (unpaired) electrons. The van der Waals surface area contributed by atoms with Crippen molar-refractivity contribution in [3.8, 4) is 5.75 Å². The van der Waals surface area contributed by atoms with Gasteiger partial charge in [-0.05, 0) is 48.9 Å². The van der Waals surface area contributed by atoms with Crippen LogP contribution in [0.15, 0.2) is 53.6 Å². The maximum Gasteiger partial charge on any atom is 0.270 e. The monoisotopic (exact) mass is 452 g/mol. The van der Waals surface area contributed by atoms with Crippen LogP contribution in [0.2, 0.25) is 0 Å². The highest BCUT2D eigenvalue weighted by atomic mass is 32.2. The third-order valence-electron chi connectivity index (χ3n) is 5.19. The molecule has 2 aromatic rings. The fourth-order valence-electron chi connectivity index (χ4n) is 3.90. The molecule has 2 aliphatic rings. The van der Waals surface area contributed by atoms with Gasteiger partial charge in [-0.25, -0.2) is 0 Å². The molecule has 4 rings (SSSR count). The van der Waals surface area contributed by atoms with Crippen molar-refractivity contribution >= 4 is 40.3 Å². The molecule has 3 amide bonds. The van der Waals surface area contributed by atoms with Gasteiger partial charge in [-0.2, -0.15) is 5.01 Å². The van der Waals surface area contributed by atoms with Gasteiger partial charge in [0.1, 0.15) is 5.75 Å². The second-order valence-corrected chi connectivity index (χ2v) is 8.84. The zero-order valence-corrected chi connectivity index (χ0v) is 18.9. The van der Waals surface area contributed by atoms with Crippen molar-refractivity contribution in [2.45, 2.75) is 32.1 Å². The average Bonchev–Trinajstić information content (AvgIpc) is 3.23. The smallest absolute Gasteiger partial charge is 0.270 e. The summed E-state index contributed by atoms with van der Waals surface area (Å²) in [6, 6.07) is 15.2. The minimum atomic E-state index is -1.36. The second kappa shape index (κ2) is 8.66. The van der Waals surface area contributed by atoms with E-state index >= 15 is 0 Å². The summed E-state index contributed by atoms with van der Waals surface area (Å²) in [4.78, 5) is 38.0. The fourth-order valence-corrected chi connectivity index (χ4v) is 5.24. The van der Waals surface area contributed by atoms with Gasteiger partial charge in [0.25, 0.3) is 5.91 Å². The Morgan fingerprint density at radius 3 is 2.66 bits per heavy atom. The predicted octanol–water partition coefficient (Wildman–Crippen LogP) is 2.97. The van der Waals surface area contributed by atoms with Crippen LogP contribution in [0.4, 0.5) is 5.69 Å². The Labute approximate surface area is 190 Å². The number of amides is 3. The summed E-state index contributed by atoms with van der Waals surface area (Å²) in [5, 5.41) is 8.26. The lowest BCUT2D eigenvalue weighted by molar-refractivity contribution is -0.139. The molecule has 2 aromatic carbocycles. The number of amidine groups is 1. The first-order valence-corrected chi connectivity index (χ1v) is 11.1. The Bertz CT molecular complexity index is 1120. The molecule has 8 nitrogen and oxygen atoms in total. The number of rotatable bonds is 5. The van der Waals surface area contributed by atoms with E-state index in [1.54, 1.807) is 4.90 Å². The normalized spacial score (nSPS) is 19.2. The van der Waals surface area contributed by atoms with Gasteiger partial charge >= 0.3 is 0 Å². The number of nitrogens with one attached hydrogen (secondary N) is 1. The number of nitrogens with zero attached hydrogens (tertiary/aromatic N) is 3. The van der Waals surface area contributed by atoms with Crippen LogP contribution in [0.25, 0.3) is 0 Å². The van der Waals surface area contributed by atoms with E-state index < -0.39 is 4.87 Å². The van der Waals surface area contributed by atoms with E-state index in [2.05, 4.69) is 10.4 Å². The number of carbonyl (C=O) groups is 3. The van der Waals surface area contributed by atoms with E-state index in [0.717, 1.165) is 28.8 Å². The number of hydrogen-bond donors (Lipinski definition) is 1. The Morgan fingerprint density at radius 1 is 1.16 bits per heavy atom. The summed E-state index contributed by atoms with van der Waals surface area (Å²) >= 11 is 1.08. The van der Waals surface area contributed by atoms with E-state index in [4.69, 9.17) is 4.74 Å². The van der Waals surface area contributed by atoms with Gasteiger partial charge in [0.15, 0.2) is 5.17 Å². The van der Waals surface area contributed by atoms with Crippen molar-refractivity contribution < 1.29 is 19.1 Å². The standard InChI is InChI=1S/C23H24N4O4S/c1-15-8-6-9-18(14-15)31-13-7-12-26-20-11-5-4-10-19(20)23(21(26)30)27(17(3)29)25-22(32-23)24-16(2)28/h4-6,8-11,14H,7,12-13H2,1-3H3,(H,24,25,28)/t23-/m0/s1. The van der Waals surface area contributed by atoms with Crippen molar-refractivity contribution in [1.29, 1.82) is 0 Å². The van der Waals surface area contributed by atoms with E-state index in [9.17, 15) is 14.4 Å². The van der Waals surface area contributed by atoms with Crippen LogP contribution in [0.5, 0.6) is 5.75 Å². The lowest BCUT2D eigenvalue weighted by Gasteiger charge is -2.29. The molecule has 2 aliphatic heterocycles. The Balaban J connectivity index is 1.55. The highest BCUT2D eigenvalue weighted by Crippen LogP contribution is 2.54. The van der Waals surface area contributed by atoms with Crippen molar-refractivity contribution in [2.75, 3.05) is 18.1 Å². The van der Waals surface area contributed by atoms with Gasteiger partial charge in [-0.3, -0.25) is 14.4 Å². The summed E-state index contributed by atoms with van der Waals surface area (Å²) in [6.45, 7) is 5.59. The number of para-hydroxylation sites is 1. The highest BCUT2D eigenvalue weighted by Gasteiger charge is 2.60. The molecular formula is C23H24N4O4S. The topological polar surface area (TPSA) is 91.3 Å². The Morgan fingerprint density at radius 2 is 1.94 bits per heavy atom. The molecule has 1 N–H and O–H groups in total. The number of benzene rings is 2. The number of thioether (sulfide) groups is 1. The van der Waals surface area contributed by atoms with Gasteiger partial charge in [0, 0.05) is 26.0 Å². The number of anilines is 1. The van der Waals surface area contributed by atoms with Crippen LogP contribution < -0.4 is 15.0 Å². The van der Waals surface area contributed by atoms with Crippen LogP contribution in [0, 0.1) is 6.92 Å². The van der Waals surface area contributed by atoms with Crippen molar-refractivity contribution in [3.63, 3.8) is 0 Å². The highest BCUT2D eigenvalue weighted by molar-refractivity contribution is 8.15. The SMILES string of the molecule is CC(=O)NC1=NN(C(C)=O)[C@@]2(S1)C(=O)N(CCCOc1cccc(C)c1)c1ccccc12. The predicted molar refractivity (Wildman–Crippen MR) is 123 cm³/mol. The van der Waals surface area contributed by atoms with Gasteiger partial charge in [0.2, 0.25) is 16.7 Å². The Kier molecular flexibility index (Phi) is 5.92. The number of ether oxygens (including phenoxy) is 1. The number of fused-ring (bicyclic) bond motifs is 2. The van der Waals surface area contributed by atoms with E-state index in [1.165, 1.54) is 18.9 Å². The summed E-state index contributed by atoms with van der Waals surface area (Å²) in [5.74, 6) is -0.179. The number of hydrazone groups is 1. The number of hydrogen-bond acceptors (Lipinski definition) is 6. The molecule has 1 atom stereocenters. The van der Waals surface area contributed by atoms with Crippen molar-refractivity contribution in [1.82, 2.24) is 10.3 Å². The molecular weight excluding hydrogens is 428 g/mol. The minimum absolute atomic E-state index is 0.223. The summed E-state index contributed by atoms with van der Waals surface area (Å²) < 4.78 is 5.83. The largest absolute Gasteiger partial charge is 0.494 e. The van der Waals surface area contributed by atoms with Gasteiger partial charge in [0.05, 0.1) is 12.3 Å². The zero-order valence-electron chi connectivity index (χ0n) is 18.1. The lowest BCUT2D eigenvalue weighted by Crippen LogP contribution is -2.48. The van der Waals surface area contributed by atoms with Crippen LogP contribution in [0.1, 0.15) is 31.4 Å². The molecule has 0 unspecified atom stereocenters. The average molecular weight is 453 g/mol. The first kappa shape index (κ1) is 21.9. The lowest BCUT2D eigenvalue weighted by atomic mass is 10.1. The summed E-state index contributed by atoms with van der Waals surface area (Å²) in [7, 11) is 0. The first-order valence-electron chi connectivity index (χ1n) is 10.3. The van der Waals surface area contributed by atoms with Gasteiger partial charge < -0.3 is 15.0 Å². The molecule has 1 spiro atoms.